The van der Waals surface area contributed by atoms with Crippen molar-refractivity contribution in [1.82, 2.24) is 14.8 Å². The lowest BCUT2D eigenvalue weighted by Gasteiger charge is -2.29. The third-order valence-electron chi connectivity index (χ3n) is 3.94. The van der Waals surface area contributed by atoms with Gasteiger partial charge in [0.05, 0.1) is 22.4 Å². The zero-order valence-corrected chi connectivity index (χ0v) is 16.9. The van der Waals surface area contributed by atoms with Gasteiger partial charge in [-0.15, -0.1) is 0 Å². The van der Waals surface area contributed by atoms with E-state index < -0.39 is 12.0 Å². The highest BCUT2D eigenvalue weighted by Gasteiger charge is 2.35. The van der Waals surface area contributed by atoms with Gasteiger partial charge in [0.25, 0.3) is 0 Å². The first-order valence-electron chi connectivity index (χ1n) is 7.98. The van der Waals surface area contributed by atoms with E-state index in [-0.39, 0.29) is 11.9 Å². The van der Waals surface area contributed by atoms with Crippen molar-refractivity contribution in [1.29, 1.82) is 0 Å². The van der Waals surface area contributed by atoms with Crippen LogP contribution in [0.3, 0.4) is 0 Å². The predicted molar refractivity (Wildman–Crippen MR) is 103 cm³/mol. The summed E-state index contributed by atoms with van der Waals surface area (Å²) in [6.07, 6.45) is 1.16. The van der Waals surface area contributed by atoms with E-state index in [1.165, 1.54) is 13.4 Å². The Labute approximate surface area is 164 Å². The van der Waals surface area contributed by atoms with E-state index in [0.717, 1.165) is 5.56 Å². The number of fused-ring (bicyclic) bond motifs is 1. The van der Waals surface area contributed by atoms with Gasteiger partial charge in [0, 0.05) is 5.70 Å². The van der Waals surface area contributed by atoms with Gasteiger partial charge in [-0.2, -0.15) is 10.1 Å². The van der Waals surface area contributed by atoms with Crippen LogP contribution in [0.15, 0.2) is 29.7 Å². The number of phenols is 1. The number of phenolic OH excluding ortho intramolecular Hbond substituents is 1. The number of esters is 1. The lowest BCUT2D eigenvalue weighted by molar-refractivity contribution is -0.143. The summed E-state index contributed by atoms with van der Waals surface area (Å²) in [6, 6.07) is 2.92. The third-order valence-corrected chi connectivity index (χ3v) is 4.77. The normalized spacial score (nSPS) is 16.3. The van der Waals surface area contributed by atoms with E-state index in [9.17, 15) is 9.90 Å². The molecule has 2 heterocycles. The average molecular weight is 470 g/mol. The number of aromatic hydroxyl groups is 1. The maximum absolute atomic E-state index is 12.8. The van der Waals surface area contributed by atoms with Crippen molar-refractivity contribution in [2.45, 2.75) is 32.9 Å². The van der Waals surface area contributed by atoms with Gasteiger partial charge >= 0.3 is 5.97 Å². The summed E-state index contributed by atoms with van der Waals surface area (Å²) in [5, 5.41) is 17.5. The Balaban J connectivity index is 2.18. The van der Waals surface area contributed by atoms with Crippen molar-refractivity contribution in [3.05, 3.63) is 38.9 Å². The van der Waals surface area contributed by atoms with Gasteiger partial charge in [-0.3, -0.25) is 0 Å². The molecule has 0 aliphatic carbocycles. The molecule has 0 saturated carbocycles. The maximum Gasteiger partial charge on any atom is 0.338 e. The summed E-state index contributed by atoms with van der Waals surface area (Å²) in [5.41, 5.74) is 1.80. The summed E-state index contributed by atoms with van der Waals surface area (Å²) in [6.45, 7) is 5.39. The van der Waals surface area contributed by atoms with E-state index in [1.54, 1.807) is 37.6 Å². The van der Waals surface area contributed by atoms with E-state index in [4.69, 9.17) is 9.47 Å². The van der Waals surface area contributed by atoms with Crippen molar-refractivity contribution in [2.75, 3.05) is 12.4 Å². The van der Waals surface area contributed by atoms with Gasteiger partial charge in [-0.1, -0.05) is 0 Å². The Bertz CT molecular complexity index is 891. The molecule has 0 saturated heterocycles. The van der Waals surface area contributed by atoms with Crippen LogP contribution in [0.1, 0.15) is 32.4 Å². The molecule has 26 heavy (non-hydrogen) atoms. The Hall–Kier alpha value is -2.30. The molecule has 1 aromatic carbocycles. The van der Waals surface area contributed by atoms with Crippen LogP contribution < -0.4 is 10.1 Å². The monoisotopic (exact) mass is 470 g/mol. The molecule has 9 heteroatoms. The summed E-state index contributed by atoms with van der Waals surface area (Å²) in [7, 11) is 1.48. The van der Waals surface area contributed by atoms with Crippen LogP contribution in [0.25, 0.3) is 0 Å². The molecule has 0 unspecified atom stereocenters. The molecule has 0 spiro atoms. The molecule has 0 fully saturated rings. The van der Waals surface area contributed by atoms with Crippen LogP contribution in [0.4, 0.5) is 5.95 Å². The Morgan fingerprint density at radius 3 is 2.81 bits per heavy atom. The Kier molecular flexibility index (Phi) is 5.08. The number of anilines is 1. The number of ether oxygens (including phenoxy) is 2. The van der Waals surface area contributed by atoms with Crippen LogP contribution in [0.2, 0.25) is 0 Å². The summed E-state index contributed by atoms with van der Waals surface area (Å²) in [4.78, 5) is 17.0. The van der Waals surface area contributed by atoms with Crippen molar-refractivity contribution in [3.8, 4) is 11.5 Å². The molecule has 1 aliphatic rings. The quantitative estimate of drug-likeness (QED) is 0.524. The Morgan fingerprint density at radius 1 is 1.42 bits per heavy atom. The second-order valence-electron chi connectivity index (χ2n) is 6.10. The first-order valence-corrected chi connectivity index (χ1v) is 9.06. The van der Waals surface area contributed by atoms with Crippen molar-refractivity contribution in [2.24, 2.45) is 0 Å². The lowest BCUT2D eigenvalue weighted by atomic mass is 9.95. The van der Waals surface area contributed by atoms with E-state index in [0.29, 0.717) is 26.5 Å². The molecule has 0 amide bonds. The number of carbonyl (C=O) groups excluding carboxylic acids is 1. The van der Waals surface area contributed by atoms with Gasteiger partial charge in [0.1, 0.15) is 12.4 Å². The number of nitrogens with one attached hydrogen (secondary N) is 1. The first-order chi connectivity index (χ1) is 12.3. The van der Waals surface area contributed by atoms with Gasteiger partial charge in [-0.25, -0.2) is 9.48 Å². The van der Waals surface area contributed by atoms with E-state index in [1.807, 2.05) is 22.6 Å². The molecule has 0 radical (unpaired) electrons. The standard InChI is InChI=1S/C17H19IN4O4/c1-8(2)26-16(24)13-9(3)21-17-19-7-20-22(17)14(13)10-5-11(18)15(23)12(6-10)25-4/h5-8,14,23H,1-4H3,(H,19,20,21)/t14-/m1/s1. The second-order valence-corrected chi connectivity index (χ2v) is 7.26. The third kappa shape index (κ3) is 3.22. The minimum absolute atomic E-state index is 0.0524. The maximum atomic E-state index is 12.8. The lowest BCUT2D eigenvalue weighted by Crippen LogP contribution is -2.30. The number of allylic oxidation sites excluding steroid dienone is 1. The molecule has 2 N–H and O–H groups in total. The zero-order valence-electron chi connectivity index (χ0n) is 14.8. The zero-order chi connectivity index (χ0) is 19.0. The number of hydrogen-bond donors (Lipinski definition) is 2. The smallest absolute Gasteiger partial charge is 0.338 e. The SMILES string of the molecule is COc1cc([C@@H]2C(C(=O)OC(C)C)=C(C)Nc3ncnn32)cc(I)c1O. The average Bonchev–Trinajstić information content (AvgIpc) is 3.03. The van der Waals surface area contributed by atoms with Crippen molar-refractivity contribution >= 4 is 34.5 Å². The molecular formula is C17H19IN4O4. The minimum Gasteiger partial charge on any atom is -0.504 e. The Morgan fingerprint density at radius 2 is 2.15 bits per heavy atom. The molecule has 1 aliphatic heterocycles. The predicted octanol–water partition coefficient (Wildman–Crippen LogP) is 2.84. The van der Waals surface area contributed by atoms with Crippen LogP contribution in [-0.4, -0.2) is 39.1 Å². The largest absolute Gasteiger partial charge is 0.504 e. The van der Waals surface area contributed by atoms with Crippen LogP contribution in [0, 0.1) is 3.57 Å². The molecule has 2 aromatic rings. The highest BCUT2D eigenvalue weighted by Crippen LogP contribution is 2.40. The van der Waals surface area contributed by atoms with E-state index >= 15 is 0 Å². The topological polar surface area (TPSA) is 98.5 Å². The van der Waals surface area contributed by atoms with Gasteiger partial charge in [-0.05, 0) is 61.1 Å². The van der Waals surface area contributed by atoms with Crippen LogP contribution in [-0.2, 0) is 9.53 Å². The van der Waals surface area contributed by atoms with E-state index in [2.05, 4.69) is 15.4 Å². The number of halogens is 1. The fourth-order valence-electron chi connectivity index (χ4n) is 2.85. The van der Waals surface area contributed by atoms with Gasteiger partial charge < -0.3 is 19.9 Å². The summed E-state index contributed by atoms with van der Waals surface area (Å²) < 4.78 is 12.9. The minimum atomic E-state index is -0.553. The highest BCUT2D eigenvalue weighted by atomic mass is 127. The van der Waals surface area contributed by atoms with Crippen molar-refractivity contribution < 1.29 is 19.4 Å². The molecular weight excluding hydrogens is 451 g/mol. The summed E-state index contributed by atoms with van der Waals surface area (Å²) in [5.74, 6) is 0.465. The number of benzene rings is 1. The molecule has 1 aromatic heterocycles. The fourth-order valence-corrected chi connectivity index (χ4v) is 3.47. The molecule has 0 bridgehead atoms. The number of aromatic nitrogens is 3. The highest BCUT2D eigenvalue weighted by molar-refractivity contribution is 14.1. The van der Waals surface area contributed by atoms with Crippen LogP contribution >= 0.6 is 22.6 Å². The first kappa shape index (κ1) is 18.5. The molecule has 138 valence electrons. The molecule has 1 atom stereocenters. The number of methoxy groups -OCH3 is 1. The van der Waals surface area contributed by atoms with Gasteiger partial charge in [0.15, 0.2) is 11.5 Å². The van der Waals surface area contributed by atoms with Crippen LogP contribution in [0.5, 0.6) is 11.5 Å². The number of hydrogen-bond acceptors (Lipinski definition) is 7. The second kappa shape index (κ2) is 7.14. The number of rotatable bonds is 4. The summed E-state index contributed by atoms with van der Waals surface area (Å²) >= 11 is 2.02. The number of carbonyl (C=O) groups is 1. The van der Waals surface area contributed by atoms with Crippen molar-refractivity contribution in [3.63, 3.8) is 0 Å². The fraction of sp³-hybridized carbons (Fsp3) is 0.353. The molecule has 3 rings (SSSR count). The molecule has 8 nitrogen and oxygen atoms in total. The number of nitrogens with zero attached hydrogens (tertiary/aromatic N) is 3. The van der Waals surface area contributed by atoms with Gasteiger partial charge in [0.2, 0.25) is 5.95 Å².